The van der Waals surface area contributed by atoms with Crippen molar-refractivity contribution in [1.82, 2.24) is 10.6 Å². The maximum atomic E-state index is 12.2. The first-order chi connectivity index (χ1) is 14.0. The summed E-state index contributed by atoms with van der Waals surface area (Å²) >= 11 is 0. The summed E-state index contributed by atoms with van der Waals surface area (Å²) in [6, 6.07) is 13.8. The molecule has 6 nitrogen and oxygen atoms in total. The number of ether oxygens (including phenoxy) is 2. The maximum Gasteiger partial charge on any atom is 0.387 e. The molecule has 2 atom stereocenters. The van der Waals surface area contributed by atoms with Crippen LogP contribution < -0.4 is 20.1 Å². The molecule has 0 aliphatic carbocycles. The molecule has 0 spiro atoms. The molecule has 0 radical (unpaired) electrons. The number of nitrogens with one attached hydrogen (secondary N) is 2. The highest BCUT2D eigenvalue weighted by molar-refractivity contribution is 5.79. The van der Waals surface area contributed by atoms with E-state index in [0.29, 0.717) is 24.6 Å². The number of alkyl halides is 2. The van der Waals surface area contributed by atoms with Crippen LogP contribution in [0.1, 0.15) is 24.2 Å². The van der Waals surface area contributed by atoms with Crippen molar-refractivity contribution < 1.29 is 23.4 Å². The number of rotatable bonds is 8. The molecule has 1 heterocycles. The molecule has 1 aliphatic heterocycles. The summed E-state index contributed by atoms with van der Waals surface area (Å²) in [6.07, 6.45) is -0.0142. The number of halogens is 2. The van der Waals surface area contributed by atoms with Crippen LogP contribution in [0.4, 0.5) is 8.78 Å². The van der Waals surface area contributed by atoms with Crippen LogP contribution in [-0.4, -0.2) is 43.4 Å². The Morgan fingerprint density at radius 3 is 2.66 bits per heavy atom. The monoisotopic (exact) mass is 405 g/mol. The van der Waals surface area contributed by atoms with Crippen molar-refractivity contribution in [3.63, 3.8) is 0 Å². The second-order valence-electron chi connectivity index (χ2n) is 6.62. The molecule has 156 valence electrons. The van der Waals surface area contributed by atoms with Crippen LogP contribution in [0.25, 0.3) is 0 Å². The molecule has 2 unspecified atom stereocenters. The van der Waals surface area contributed by atoms with Crippen LogP contribution in [0.2, 0.25) is 0 Å². The van der Waals surface area contributed by atoms with E-state index in [0.717, 1.165) is 12.2 Å². The fourth-order valence-electron chi connectivity index (χ4n) is 3.07. The Bertz CT molecular complexity index is 790. The number of hydrogen-bond acceptors (Lipinski definition) is 4. The predicted molar refractivity (Wildman–Crippen MR) is 107 cm³/mol. The quantitative estimate of drug-likeness (QED) is 0.465. The highest BCUT2D eigenvalue weighted by atomic mass is 19.3. The zero-order valence-corrected chi connectivity index (χ0v) is 16.1. The van der Waals surface area contributed by atoms with Crippen LogP contribution in [0.15, 0.2) is 53.5 Å². The topological polar surface area (TPSA) is 75.1 Å². The van der Waals surface area contributed by atoms with Gasteiger partial charge < -0.3 is 25.2 Å². The zero-order chi connectivity index (χ0) is 20.6. The van der Waals surface area contributed by atoms with Crippen molar-refractivity contribution in [1.29, 1.82) is 0 Å². The molecule has 2 aromatic rings. The van der Waals surface area contributed by atoms with Crippen molar-refractivity contribution in [2.75, 3.05) is 19.6 Å². The van der Waals surface area contributed by atoms with E-state index < -0.39 is 12.7 Å². The highest BCUT2D eigenvalue weighted by Gasteiger charge is 2.22. The van der Waals surface area contributed by atoms with Gasteiger partial charge >= 0.3 is 6.61 Å². The van der Waals surface area contributed by atoms with Gasteiger partial charge in [-0.2, -0.15) is 8.78 Å². The molecule has 0 bridgehead atoms. The molecule has 0 fully saturated rings. The molecule has 8 heteroatoms. The van der Waals surface area contributed by atoms with Crippen LogP contribution in [0.5, 0.6) is 11.5 Å². The molecular formula is C21H25F2N3O3. The molecule has 0 saturated carbocycles. The van der Waals surface area contributed by atoms with E-state index >= 15 is 0 Å². The molecule has 0 aromatic heterocycles. The Morgan fingerprint density at radius 1 is 1.21 bits per heavy atom. The summed E-state index contributed by atoms with van der Waals surface area (Å²) in [5.74, 6) is 1.53. The van der Waals surface area contributed by atoms with Gasteiger partial charge in [-0.1, -0.05) is 30.3 Å². The lowest BCUT2D eigenvalue weighted by molar-refractivity contribution is -0.0498. The first-order valence-corrected chi connectivity index (χ1v) is 9.54. The standard InChI is InChI=1S/C21H25F2N3O3/c1-2-24-21(25-12-17-11-15-5-3-4-6-19(15)28-17)26-13-18(27)14-7-9-16(10-8-14)29-20(22)23/h3-10,17-18,20,27H,2,11-13H2,1H3,(H2,24,25,26). The first-order valence-electron chi connectivity index (χ1n) is 9.54. The molecule has 3 N–H and O–H groups in total. The Hall–Kier alpha value is -2.87. The van der Waals surface area contributed by atoms with Gasteiger partial charge in [0, 0.05) is 13.0 Å². The number of para-hydroxylation sites is 1. The number of guanidine groups is 1. The summed E-state index contributed by atoms with van der Waals surface area (Å²) < 4.78 is 34.6. The molecule has 0 amide bonds. The summed E-state index contributed by atoms with van der Waals surface area (Å²) in [7, 11) is 0. The molecular weight excluding hydrogens is 380 g/mol. The summed E-state index contributed by atoms with van der Waals surface area (Å²) in [5.41, 5.74) is 1.76. The second-order valence-corrected chi connectivity index (χ2v) is 6.62. The number of fused-ring (bicyclic) bond motifs is 1. The normalized spacial score (nSPS) is 16.9. The van der Waals surface area contributed by atoms with Crippen LogP contribution in [-0.2, 0) is 6.42 Å². The minimum absolute atomic E-state index is 0.0172. The third-order valence-corrected chi connectivity index (χ3v) is 4.47. The number of aliphatic hydroxyl groups excluding tert-OH is 1. The number of benzene rings is 2. The van der Waals surface area contributed by atoms with Crippen LogP contribution >= 0.6 is 0 Å². The van der Waals surface area contributed by atoms with E-state index in [4.69, 9.17) is 4.74 Å². The third kappa shape index (κ3) is 6.05. The minimum Gasteiger partial charge on any atom is -0.488 e. The molecule has 3 rings (SSSR count). The minimum atomic E-state index is -2.87. The lowest BCUT2D eigenvalue weighted by atomic mass is 10.1. The number of hydrogen-bond donors (Lipinski definition) is 3. The van der Waals surface area contributed by atoms with Crippen molar-refractivity contribution in [3.8, 4) is 11.5 Å². The van der Waals surface area contributed by atoms with Gasteiger partial charge in [0.1, 0.15) is 17.6 Å². The van der Waals surface area contributed by atoms with Gasteiger partial charge in [0.15, 0.2) is 5.96 Å². The van der Waals surface area contributed by atoms with Gasteiger partial charge in [-0.05, 0) is 36.2 Å². The molecule has 29 heavy (non-hydrogen) atoms. The number of aliphatic hydroxyl groups is 1. The van der Waals surface area contributed by atoms with Gasteiger partial charge in [0.25, 0.3) is 0 Å². The summed E-state index contributed by atoms with van der Waals surface area (Å²) in [6.45, 7) is 0.456. The average molecular weight is 405 g/mol. The van der Waals surface area contributed by atoms with Gasteiger partial charge in [-0.3, -0.25) is 4.99 Å². The Morgan fingerprint density at radius 2 is 1.97 bits per heavy atom. The van der Waals surface area contributed by atoms with E-state index in [1.807, 2.05) is 25.1 Å². The zero-order valence-electron chi connectivity index (χ0n) is 16.1. The molecule has 2 aromatic carbocycles. The fraction of sp³-hybridized carbons (Fsp3) is 0.381. The second kappa shape index (κ2) is 10.1. The summed E-state index contributed by atoms with van der Waals surface area (Å²) in [5, 5.41) is 16.7. The fourth-order valence-corrected chi connectivity index (χ4v) is 3.07. The van der Waals surface area contributed by atoms with Gasteiger partial charge in [0.2, 0.25) is 0 Å². The van der Waals surface area contributed by atoms with Gasteiger partial charge in [-0.25, -0.2) is 0 Å². The van der Waals surface area contributed by atoms with E-state index in [1.54, 1.807) is 12.1 Å². The Kier molecular flexibility index (Phi) is 7.24. The van der Waals surface area contributed by atoms with Crippen LogP contribution in [0.3, 0.4) is 0 Å². The Balaban J connectivity index is 1.52. The molecule has 0 saturated heterocycles. The van der Waals surface area contributed by atoms with E-state index in [-0.39, 0.29) is 18.4 Å². The maximum absolute atomic E-state index is 12.2. The largest absolute Gasteiger partial charge is 0.488 e. The van der Waals surface area contributed by atoms with E-state index in [2.05, 4.69) is 26.4 Å². The van der Waals surface area contributed by atoms with Crippen LogP contribution in [0, 0.1) is 0 Å². The number of nitrogens with zero attached hydrogens (tertiary/aromatic N) is 1. The third-order valence-electron chi connectivity index (χ3n) is 4.47. The summed E-state index contributed by atoms with van der Waals surface area (Å²) in [4.78, 5) is 4.41. The lowest BCUT2D eigenvalue weighted by Crippen LogP contribution is -2.42. The smallest absolute Gasteiger partial charge is 0.387 e. The van der Waals surface area contributed by atoms with Gasteiger partial charge in [-0.15, -0.1) is 0 Å². The average Bonchev–Trinajstić information content (AvgIpc) is 3.13. The SMILES string of the molecule is CCNC(=NCC(O)c1ccc(OC(F)F)cc1)NCC1Cc2ccccc2O1. The lowest BCUT2D eigenvalue weighted by Gasteiger charge is -2.16. The van der Waals surface area contributed by atoms with Crippen molar-refractivity contribution >= 4 is 5.96 Å². The first kappa shape index (κ1) is 20.9. The molecule has 1 aliphatic rings. The van der Waals surface area contributed by atoms with E-state index in [9.17, 15) is 13.9 Å². The van der Waals surface area contributed by atoms with E-state index in [1.165, 1.54) is 17.7 Å². The number of aliphatic imine (C=N–C) groups is 1. The predicted octanol–water partition coefficient (Wildman–Crippen LogP) is 2.88. The Labute approximate surface area is 168 Å². The highest BCUT2D eigenvalue weighted by Crippen LogP contribution is 2.27. The van der Waals surface area contributed by atoms with Crippen molar-refractivity contribution in [2.45, 2.75) is 32.2 Å². The van der Waals surface area contributed by atoms with Crippen molar-refractivity contribution in [2.24, 2.45) is 4.99 Å². The van der Waals surface area contributed by atoms with Crippen molar-refractivity contribution in [3.05, 3.63) is 59.7 Å². The van der Waals surface area contributed by atoms with Gasteiger partial charge in [0.05, 0.1) is 19.2 Å².